The molecule has 0 aliphatic rings. The summed E-state index contributed by atoms with van der Waals surface area (Å²) in [6, 6.07) is 33.3. The molecule has 0 amide bonds. The van der Waals surface area contributed by atoms with Crippen LogP contribution in [-0.4, -0.2) is 15.0 Å². The van der Waals surface area contributed by atoms with E-state index in [1.165, 1.54) is 11.1 Å². The van der Waals surface area contributed by atoms with E-state index in [1.807, 2.05) is 30.3 Å². The Bertz CT molecular complexity index is 1220. The molecule has 30 heavy (non-hydrogen) atoms. The number of nitrogens with zero attached hydrogens (tertiary/aromatic N) is 4. The first-order valence-electron chi connectivity index (χ1n) is 10.0. The lowest BCUT2D eigenvalue weighted by Gasteiger charge is -2.27. The van der Waals surface area contributed by atoms with Crippen molar-refractivity contribution in [1.29, 1.82) is 0 Å². The highest BCUT2D eigenvalue weighted by atomic mass is 15.5. The minimum atomic E-state index is 0.879. The molecule has 0 aliphatic heterocycles. The molecule has 0 aliphatic carbocycles. The second-order valence-corrected chi connectivity index (χ2v) is 7.47. The van der Waals surface area contributed by atoms with Gasteiger partial charge in [0, 0.05) is 11.4 Å². The molecule has 0 unspecified atom stereocenters. The van der Waals surface area contributed by atoms with Crippen molar-refractivity contribution in [3.8, 4) is 5.69 Å². The number of rotatable bonds is 4. The van der Waals surface area contributed by atoms with Crippen LogP contribution >= 0.6 is 0 Å². The molecule has 0 bridgehead atoms. The fourth-order valence-electron chi connectivity index (χ4n) is 3.60. The second-order valence-electron chi connectivity index (χ2n) is 7.47. The Balaban J connectivity index is 1.71. The van der Waals surface area contributed by atoms with Gasteiger partial charge in [-0.05, 0) is 62.4 Å². The van der Waals surface area contributed by atoms with E-state index in [4.69, 9.17) is 10.2 Å². The van der Waals surface area contributed by atoms with Crippen LogP contribution < -0.4 is 4.90 Å². The van der Waals surface area contributed by atoms with Gasteiger partial charge >= 0.3 is 0 Å². The molecule has 0 spiro atoms. The van der Waals surface area contributed by atoms with Gasteiger partial charge in [-0.25, -0.2) is 0 Å². The van der Waals surface area contributed by atoms with Crippen LogP contribution in [-0.2, 0) is 0 Å². The summed E-state index contributed by atoms with van der Waals surface area (Å²) in [4.78, 5) is 3.98. The average molecular weight is 390 g/mol. The van der Waals surface area contributed by atoms with Gasteiger partial charge in [-0.2, -0.15) is 0 Å². The zero-order valence-electron chi connectivity index (χ0n) is 17.0. The Hall–Kier alpha value is -3.92. The van der Waals surface area contributed by atoms with Crippen LogP contribution in [0.15, 0.2) is 97.1 Å². The van der Waals surface area contributed by atoms with Gasteiger partial charge in [-0.1, -0.05) is 59.7 Å². The predicted octanol–water partition coefficient (Wildman–Crippen LogP) is 6.51. The standard InChI is InChI=1S/C26H22N4/c1-19-11-15-21(16-12-19)29(22-17-13-20(2)14-18-22)25-9-5-6-10-26(25)30-27-23-7-3-4-8-24(23)28-30/h3-18H,1-2H3. The maximum atomic E-state index is 4.72. The Kier molecular flexibility index (Phi) is 4.52. The largest absolute Gasteiger partial charge is 0.308 e. The Morgan fingerprint density at radius 3 is 1.57 bits per heavy atom. The SMILES string of the molecule is Cc1ccc(N(c2ccc(C)cc2)c2ccccc2-n2nc3ccccc3n2)cc1. The van der Waals surface area contributed by atoms with E-state index >= 15 is 0 Å². The van der Waals surface area contributed by atoms with Gasteiger partial charge in [0.15, 0.2) is 0 Å². The molecular weight excluding hydrogens is 368 g/mol. The first kappa shape index (κ1) is 18.1. The van der Waals surface area contributed by atoms with Gasteiger partial charge in [-0.3, -0.25) is 0 Å². The van der Waals surface area contributed by atoms with Gasteiger partial charge in [0.25, 0.3) is 0 Å². The lowest BCUT2D eigenvalue weighted by molar-refractivity contribution is 0.765. The molecule has 0 atom stereocenters. The summed E-state index contributed by atoms with van der Waals surface area (Å²) >= 11 is 0. The first-order chi connectivity index (χ1) is 14.7. The molecule has 4 aromatic carbocycles. The van der Waals surface area contributed by atoms with Gasteiger partial charge in [0.05, 0.1) is 5.69 Å². The number of hydrogen-bond donors (Lipinski definition) is 0. The monoisotopic (exact) mass is 390 g/mol. The van der Waals surface area contributed by atoms with Crippen LogP contribution in [0.3, 0.4) is 0 Å². The zero-order valence-corrected chi connectivity index (χ0v) is 17.0. The lowest BCUT2D eigenvalue weighted by atomic mass is 10.1. The highest BCUT2D eigenvalue weighted by Crippen LogP contribution is 2.38. The van der Waals surface area contributed by atoms with Crippen molar-refractivity contribution in [3.63, 3.8) is 0 Å². The number of aromatic nitrogens is 3. The minimum Gasteiger partial charge on any atom is -0.308 e. The number of hydrogen-bond acceptors (Lipinski definition) is 3. The van der Waals surface area contributed by atoms with E-state index in [9.17, 15) is 0 Å². The molecule has 1 heterocycles. The summed E-state index contributed by atoms with van der Waals surface area (Å²) in [6.45, 7) is 4.21. The third kappa shape index (κ3) is 3.33. The quantitative estimate of drug-likeness (QED) is 0.351. The Morgan fingerprint density at radius 1 is 0.567 bits per heavy atom. The molecule has 146 valence electrons. The first-order valence-corrected chi connectivity index (χ1v) is 10.0. The van der Waals surface area contributed by atoms with Crippen molar-refractivity contribution in [2.75, 3.05) is 4.90 Å². The molecule has 0 saturated heterocycles. The third-order valence-electron chi connectivity index (χ3n) is 5.21. The molecule has 0 radical (unpaired) electrons. The van der Waals surface area contributed by atoms with E-state index < -0.39 is 0 Å². The van der Waals surface area contributed by atoms with Crippen molar-refractivity contribution < 1.29 is 0 Å². The molecule has 5 aromatic rings. The smallest absolute Gasteiger partial charge is 0.113 e. The topological polar surface area (TPSA) is 34.0 Å². The van der Waals surface area contributed by atoms with E-state index in [1.54, 1.807) is 4.80 Å². The maximum Gasteiger partial charge on any atom is 0.113 e. The van der Waals surface area contributed by atoms with Crippen molar-refractivity contribution in [1.82, 2.24) is 15.0 Å². The van der Waals surface area contributed by atoms with Crippen molar-refractivity contribution >= 4 is 28.1 Å². The molecular formula is C26H22N4. The number of para-hydroxylation sites is 2. The van der Waals surface area contributed by atoms with Crippen molar-refractivity contribution in [2.45, 2.75) is 13.8 Å². The van der Waals surface area contributed by atoms with Crippen molar-refractivity contribution in [3.05, 3.63) is 108 Å². The van der Waals surface area contributed by atoms with Gasteiger partial charge in [-0.15, -0.1) is 15.0 Å². The zero-order chi connectivity index (χ0) is 20.5. The van der Waals surface area contributed by atoms with E-state index in [0.717, 1.165) is 33.8 Å². The third-order valence-corrected chi connectivity index (χ3v) is 5.21. The van der Waals surface area contributed by atoms with Crippen LogP contribution in [0.5, 0.6) is 0 Å². The average Bonchev–Trinajstić information content (AvgIpc) is 3.21. The van der Waals surface area contributed by atoms with E-state index in [2.05, 4.69) is 85.5 Å². The number of fused-ring (bicyclic) bond motifs is 1. The maximum absolute atomic E-state index is 4.72. The van der Waals surface area contributed by atoms with Gasteiger partial charge in [0.2, 0.25) is 0 Å². The summed E-state index contributed by atoms with van der Waals surface area (Å²) < 4.78 is 0. The lowest BCUT2D eigenvalue weighted by Crippen LogP contribution is -2.14. The van der Waals surface area contributed by atoms with E-state index in [0.29, 0.717) is 0 Å². The highest BCUT2D eigenvalue weighted by molar-refractivity contribution is 5.82. The molecule has 0 saturated carbocycles. The van der Waals surface area contributed by atoms with Crippen LogP contribution in [0.2, 0.25) is 0 Å². The Morgan fingerprint density at radius 2 is 1.03 bits per heavy atom. The Labute approximate surface area is 176 Å². The van der Waals surface area contributed by atoms with Crippen LogP contribution in [0.4, 0.5) is 17.1 Å². The van der Waals surface area contributed by atoms with Crippen LogP contribution in [0.1, 0.15) is 11.1 Å². The molecule has 0 fully saturated rings. The summed E-state index contributed by atoms with van der Waals surface area (Å²) in [5, 5.41) is 9.44. The van der Waals surface area contributed by atoms with E-state index in [-0.39, 0.29) is 0 Å². The molecule has 5 rings (SSSR count). The number of anilines is 3. The molecule has 4 heteroatoms. The summed E-state index contributed by atoms with van der Waals surface area (Å²) in [5.74, 6) is 0. The number of aryl methyl sites for hydroxylation is 2. The normalized spacial score (nSPS) is 11.0. The molecule has 4 nitrogen and oxygen atoms in total. The van der Waals surface area contributed by atoms with Crippen LogP contribution in [0, 0.1) is 13.8 Å². The highest BCUT2D eigenvalue weighted by Gasteiger charge is 2.18. The second kappa shape index (κ2) is 7.48. The van der Waals surface area contributed by atoms with Gasteiger partial charge in [0.1, 0.15) is 16.7 Å². The minimum absolute atomic E-state index is 0.879. The summed E-state index contributed by atoms with van der Waals surface area (Å²) in [7, 11) is 0. The summed E-state index contributed by atoms with van der Waals surface area (Å²) in [5.41, 5.74) is 8.35. The predicted molar refractivity (Wildman–Crippen MR) is 123 cm³/mol. The molecule has 1 aromatic heterocycles. The number of benzene rings is 4. The van der Waals surface area contributed by atoms with Gasteiger partial charge < -0.3 is 4.90 Å². The fraction of sp³-hybridized carbons (Fsp3) is 0.0769. The van der Waals surface area contributed by atoms with Crippen LogP contribution in [0.25, 0.3) is 16.7 Å². The van der Waals surface area contributed by atoms with Crippen molar-refractivity contribution in [2.24, 2.45) is 0 Å². The fourth-order valence-corrected chi connectivity index (χ4v) is 3.60. The summed E-state index contributed by atoms with van der Waals surface area (Å²) in [6.07, 6.45) is 0. The molecule has 0 N–H and O–H groups in total.